The van der Waals surface area contributed by atoms with Gasteiger partial charge in [0.1, 0.15) is 5.76 Å². The van der Waals surface area contributed by atoms with Crippen molar-refractivity contribution in [3.8, 4) is 11.4 Å². The summed E-state index contributed by atoms with van der Waals surface area (Å²) in [5, 5.41) is 7.26. The monoisotopic (exact) mass is 219 g/mol. The largest absolute Gasteiger partial charge is 0.469 e. The molecule has 2 heterocycles. The lowest BCUT2D eigenvalue weighted by atomic mass is 10.2. The molecule has 2 aromatic heterocycles. The predicted octanol–water partition coefficient (Wildman–Crippen LogP) is 1.89. The maximum Gasteiger partial charge on any atom is 0.240 e. The van der Waals surface area contributed by atoms with Crippen molar-refractivity contribution in [3.05, 3.63) is 24.0 Å². The number of rotatable bonds is 4. The van der Waals surface area contributed by atoms with Crippen LogP contribution in [0.15, 0.2) is 21.3 Å². The fourth-order valence-electron chi connectivity index (χ4n) is 1.57. The Bertz CT molecular complexity index is 485. The molecule has 1 saturated carbocycles. The third-order valence-electron chi connectivity index (χ3n) is 2.69. The Labute approximate surface area is 92.8 Å². The van der Waals surface area contributed by atoms with Crippen LogP contribution in [-0.2, 0) is 6.54 Å². The summed E-state index contributed by atoms with van der Waals surface area (Å²) in [6.45, 7) is 2.53. The number of aryl methyl sites for hydroxylation is 1. The van der Waals surface area contributed by atoms with E-state index in [2.05, 4.69) is 15.5 Å². The number of aromatic nitrogens is 2. The highest BCUT2D eigenvalue weighted by Gasteiger charge is 2.21. The number of nitrogens with one attached hydrogen (secondary N) is 1. The van der Waals surface area contributed by atoms with E-state index in [-0.39, 0.29) is 0 Å². The van der Waals surface area contributed by atoms with Gasteiger partial charge in [-0.05, 0) is 25.8 Å². The molecule has 2 aromatic rings. The molecule has 1 aliphatic carbocycles. The summed E-state index contributed by atoms with van der Waals surface area (Å²) in [7, 11) is 0. The van der Waals surface area contributed by atoms with Gasteiger partial charge in [0.15, 0.2) is 0 Å². The van der Waals surface area contributed by atoms with Crippen LogP contribution in [0.5, 0.6) is 0 Å². The Morgan fingerprint density at radius 1 is 1.50 bits per heavy atom. The third kappa shape index (κ3) is 1.86. The second-order valence-electron chi connectivity index (χ2n) is 4.06. The van der Waals surface area contributed by atoms with Crippen molar-refractivity contribution in [1.29, 1.82) is 0 Å². The van der Waals surface area contributed by atoms with E-state index in [1.54, 1.807) is 6.26 Å². The zero-order chi connectivity index (χ0) is 11.0. The first-order valence-corrected chi connectivity index (χ1v) is 5.43. The summed E-state index contributed by atoms with van der Waals surface area (Å²) in [4.78, 5) is 4.31. The van der Waals surface area contributed by atoms with Gasteiger partial charge in [0.2, 0.25) is 11.7 Å². The SMILES string of the molecule is Cc1occc1-c1noc(CNC2CC2)n1. The summed E-state index contributed by atoms with van der Waals surface area (Å²) in [5.74, 6) is 2.03. The molecule has 3 rings (SSSR count). The Balaban J connectivity index is 1.74. The van der Waals surface area contributed by atoms with Gasteiger partial charge in [-0.1, -0.05) is 5.16 Å². The van der Waals surface area contributed by atoms with Gasteiger partial charge in [-0.2, -0.15) is 4.98 Å². The Kier molecular flexibility index (Phi) is 2.25. The summed E-state index contributed by atoms with van der Waals surface area (Å²) in [6, 6.07) is 2.49. The van der Waals surface area contributed by atoms with E-state index >= 15 is 0 Å². The first-order valence-electron chi connectivity index (χ1n) is 5.43. The molecule has 0 aromatic carbocycles. The predicted molar refractivity (Wildman–Crippen MR) is 56.6 cm³/mol. The molecule has 1 aliphatic rings. The van der Waals surface area contributed by atoms with Crippen LogP contribution in [0, 0.1) is 6.92 Å². The Hall–Kier alpha value is -1.62. The van der Waals surface area contributed by atoms with Gasteiger partial charge in [0.05, 0.1) is 18.4 Å². The molecular weight excluding hydrogens is 206 g/mol. The van der Waals surface area contributed by atoms with Crippen molar-refractivity contribution in [1.82, 2.24) is 15.5 Å². The highest BCUT2D eigenvalue weighted by atomic mass is 16.5. The van der Waals surface area contributed by atoms with Crippen molar-refractivity contribution >= 4 is 0 Å². The molecule has 0 atom stereocenters. The number of furan rings is 1. The van der Waals surface area contributed by atoms with Gasteiger partial charge >= 0.3 is 0 Å². The molecule has 5 nitrogen and oxygen atoms in total. The van der Waals surface area contributed by atoms with Gasteiger partial charge in [-0.25, -0.2) is 0 Å². The van der Waals surface area contributed by atoms with E-state index in [0.717, 1.165) is 11.3 Å². The lowest BCUT2D eigenvalue weighted by Crippen LogP contribution is -2.15. The van der Waals surface area contributed by atoms with Gasteiger partial charge in [0.25, 0.3) is 0 Å². The number of hydrogen-bond donors (Lipinski definition) is 1. The molecular formula is C11H13N3O2. The molecule has 1 fully saturated rings. The van der Waals surface area contributed by atoms with Crippen molar-refractivity contribution in [3.63, 3.8) is 0 Å². The average molecular weight is 219 g/mol. The minimum Gasteiger partial charge on any atom is -0.469 e. The summed E-state index contributed by atoms with van der Waals surface area (Å²) >= 11 is 0. The van der Waals surface area contributed by atoms with Crippen molar-refractivity contribution < 1.29 is 8.94 Å². The molecule has 0 unspecified atom stereocenters. The van der Waals surface area contributed by atoms with Crippen LogP contribution in [0.4, 0.5) is 0 Å². The Morgan fingerprint density at radius 2 is 2.38 bits per heavy atom. The first-order chi connectivity index (χ1) is 7.83. The minimum absolute atomic E-state index is 0.596. The molecule has 0 bridgehead atoms. The number of hydrogen-bond acceptors (Lipinski definition) is 5. The zero-order valence-corrected chi connectivity index (χ0v) is 9.06. The summed E-state index contributed by atoms with van der Waals surface area (Å²) < 4.78 is 10.4. The van der Waals surface area contributed by atoms with Crippen molar-refractivity contribution in [2.45, 2.75) is 32.4 Å². The highest BCUT2D eigenvalue weighted by molar-refractivity contribution is 5.55. The van der Waals surface area contributed by atoms with E-state index < -0.39 is 0 Å². The van der Waals surface area contributed by atoms with Crippen LogP contribution < -0.4 is 5.32 Å². The normalized spacial score (nSPS) is 15.6. The molecule has 0 radical (unpaired) electrons. The molecule has 0 spiro atoms. The van der Waals surface area contributed by atoms with Gasteiger partial charge in [-0.3, -0.25) is 0 Å². The standard InChI is InChI=1S/C11H13N3O2/c1-7-9(4-5-15-7)11-13-10(16-14-11)6-12-8-2-3-8/h4-5,8,12H,2-3,6H2,1H3. The van der Waals surface area contributed by atoms with E-state index in [9.17, 15) is 0 Å². The quantitative estimate of drug-likeness (QED) is 0.850. The number of nitrogens with zero attached hydrogens (tertiary/aromatic N) is 2. The van der Waals surface area contributed by atoms with E-state index in [4.69, 9.17) is 8.94 Å². The molecule has 0 amide bonds. The first kappa shape index (κ1) is 9.59. The van der Waals surface area contributed by atoms with E-state index in [0.29, 0.717) is 24.3 Å². The fourth-order valence-corrected chi connectivity index (χ4v) is 1.57. The van der Waals surface area contributed by atoms with Gasteiger partial charge in [-0.15, -0.1) is 0 Å². The Morgan fingerprint density at radius 3 is 3.06 bits per heavy atom. The zero-order valence-electron chi connectivity index (χ0n) is 9.06. The lowest BCUT2D eigenvalue weighted by Gasteiger charge is -1.94. The van der Waals surface area contributed by atoms with Gasteiger partial charge in [0, 0.05) is 6.04 Å². The molecule has 5 heteroatoms. The van der Waals surface area contributed by atoms with Gasteiger partial charge < -0.3 is 14.3 Å². The average Bonchev–Trinajstić information content (AvgIpc) is 2.82. The molecule has 1 N–H and O–H groups in total. The van der Waals surface area contributed by atoms with E-state index in [1.165, 1.54) is 12.8 Å². The molecule has 0 saturated heterocycles. The molecule has 84 valence electrons. The third-order valence-corrected chi connectivity index (χ3v) is 2.69. The minimum atomic E-state index is 0.596. The summed E-state index contributed by atoms with van der Waals surface area (Å²) in [5.41, 5.74) is 0.890. The molecule has 0 aliphatic heterocycles. The fraction of sp³-hybridized carbons (Fsp3) is 0.455. The summed E-state index contributed by atoms with van der Waals surface area (Å²) in [6.07, 6.45) is 4.13. The lowest BCUT2D eigenvalue weighted by molar-refractivity contribution is 0.367. The van der Waals surface area contributed by atoms with Crippen LogP contribution in [0.3, 0.4) is 0 Å². The molecule has 16 heavy (non-hydrogen) atoms. The maximum absolute atomic E-state index is 5.20. The van der Waals surface area contributed by atoms with Crippen molar-refractivity contribution in [2.24, 2.45) is 0 Å². The topological polar surface area (TPSA) is 64.1 Å². The van der Waals surface area contributed by atoms with Crippen LogP contribution >= 0.6 is 0 Å². The second kappa shape index (κ2) is 3.75. The smallest absolute Gasteiger partial charge is 0.240 e. The second-order valence-corrected chi connectivity index (χ2v) is 4.06. The van der Waals surface area contributed by atoms with Crippen LogP contribution in [0.25, 0.3) is 11.4 Å². The van der Waals surface area contributed by atoms with Crippen LogP contribution in [-0.4, -0.2) is 16.2 Å². The van der Waals surface area contributed by atoms with Crippen LogP contribution in [0.1, 0.15) is 24.5 Å². The van der Waals surface area contributed by atoms with Crippen LogP contribution in [0.2, 0.25) is 0 Å². The highest BCUT2D eigenvalue weighted by Crippen LogP contribution is 2.22. The van der Waals surface area contributed by atoms with E-state index in [1.807, 2.05) is 13.0 Å². The van der Waals surface area contributed by atoms with Crippen molar-refractivity contribution in [2.75, 3.05) is 0 Å². The maximum atomic E-state index is 5.20.